The van der Waals surface area contributed by atoms with Gasteiger partial charge in [0, 0.05) is 11.8 Å². The first-order valence-electron chi connectivity index (χ1n) is 9.60. The van der Waals surface area contributed by atoms with Gasteiger partial charge in [-0.05, 0) is 30.2 Å². The summed E-state index contributed by atoms with van der Waals surface area (Å²) in [4.78, 5) is 5.40. The SMILES string of the molecule is Cc1nc2ccccn2c1-c1nnc2sc(-c3ccc(-c4ccccc4)cc3)nn12. The molecule has 144 valence electrons. The molecule has 6 nitrogen and oxygen atoms in total. The first-order valence-corrected chi connectivity index (χ1v) is 10.4. The van der Waals surface area contributed by atoms with Crippen molar-refractivity contribution < 1.29 is 0 Å². The van der Waals surface area contributed by atoms with Gasteiger partial charge in [0.15, 0.2) is 0 Å². The third-order valence-electron chi connectivity index (χ3n) is 5.15. The zero-order valence-electron chi connectivity index (χ0n) is 16.1. The highest BCUT2D eigenvalue weighted by Gasteiger charge is 2.20. The Morgan fingerprint density at radius 3 is 2.33 bits per heavy atom. The normalized spacial score (nSPS) is 11.5. The molecule has 0 saturated heterocycles. The molecule has 0 spiro atoms. The molecule has 30 heavy (non-hydrogen) atoms. The van der Waals surface area contributed by atoms with Crippen LogP contribution in [0.1, 0.15) is 5.69 Å². The smallest absolute Gasteiger partial charge is 0.235 e. The molecule has 0 aliphatic heterocycles. The third-order valence-corrected chi connectivity index (χ3v) is 6.09. The van der Waals surface area contributed by atoms with E-state index in [1.165, 1.54) is 22.5 Å². The van der Waals surface area contributed by atoms with Crippen molar-refractivity contribution in [3.05, 3.63) is 84.7 Å². The Hall–Kier alpha value is -3.84. The predicted molar refractivity (Wildman–Crippen MR) is 118 cm³/mol. The summed E-state index contributed by atoms with van der Waals surface area (Å²) in [6, 6.07) is 24.8. The van der Waals surface area contributed by atoms with Gasteiger partial charge < -0.3 is 0 Å². The van der Waals surface area contributed by atoms with E-state index in [9.17, 15) is 0 Å². The predicted octanol–water partition coefficient (Wildman–Crippen LogP) is 5.14. The van der Waals surface area contributed by atoms with Crippen LogP contribution in [0.2, 0.25) is 0 Å². The second-order valence-corrected chi connectivity index (χ2v) is 8.00. The molecule has 4 heterocycles. The van der Waals surface area contributed by atoms with Gasteiger partial charge in [-0.15, -0.1) is 10.2 Å². The highest BCUT2D eigenvalue weighted by Crippen LogP contribution is 2.31. The minimum atomic E-state index is 0.699. The van der Waals surface area contributed by atoms with Gasteiger partial charge in [-0.2, -0.15) is 9.61 Å². The van der Waals surface area contributed by atoms with Crippen LogP contribution < -0.4 is 0 Å². The number of benzene rings is 2. The Morgan fingerprint density at radius 2 is 1.50 bits per heavy atom. The molecule has 7 heteroatoms. The first kappa shape index (κ1) is 17.1. The Balaban J connectivity index is 1.43. The van der Waals surface area contributed by atoms with Gasteiger partial charge in [-0.3, -0.25) is 4.40 Å². The number of pyridine rings is 1. The number of hydrogen-bond donors (Lipinski definition) is 0. The van der Waals surface area contributed by atoms with Crippen molar-refractivity contribution in [2.24, 2.45) is 0 Å². The molecule has 0 bridgehead atoms. The molecular weight excluding hydrogens is 392 g/mol. The number of hydrogen-bond acceptors (Lipinski definition) is 5. The van der Waals surface area contributed by atoms with Crippen molar-refractivity contribution in [1.29, 1.82) is 0 Å². The fourth-order valence-corrected chi connectivity index (χ4v) is 4.54. The van der Waals surface area contributed by atoms with Crippen molar-refractivity contribution in [2.75, 3.05) is 0 Å². The summed E-state index contributed by atoms with van der Waals surface area (Å²) in [6.07, 6.45) is 1.99. The lowest BCUT2D eigenvalue weighted by atomic mass is 10.0. The molecule has 0 saturated carbocycles. The molecule has 0 N–H and O–H groups in total. The number of aryl methyl sites for hydroxylation is 1. The van der Waals surface area contributed by atoms with Crippen LogP contribution >= 0.6 is 11.3 Å². The molecule has 0 aliphatic carbocycles. The highest BCUT2D eigenvalue weighted by atomic mass is 32.1. The summed E-state index contributed by atoms with van der Waals surface area (Å²) in [5.74, 6) is 0.699. The van der Waals surface area contributed by atoms with E-state index < -0.39 is 0 Å². The van der Waals surface area contributed by atoms with Crippen LogP contribution in [0, 0.1) is 6.92 Å². The molecule has 0 unspecified atom stereocenters. The molecule has 0 amide bonds. The summed E-state index contributed by atoms with van der Waals surface area (Å²) in [6.45, 7) is 1.99. The van der Waals surface area contributed by atoms with E-state index in [0.717, 1.165) is 32.6 Å². The van der Waals surface area contributed by atoms with E-state index in [0.29, 0.717) is 5.82 Å². The van der Waals surface area contributed by atoms with Crippen molar-refractivity contribution in [3.63, 3.8) is 0 Å². The number of imidazole rings is 1. The van der Waals surface area contributed by atoms with E-state index in [4.69, 9.17) is 5.10 Å². The Kier molecular flexibility index (Phi) is 3.75. The molecule has 4 aromatic heterocycles. The number of fused-ring (bicyclic) bond motifs is 2. The number of nitrogens with zero attached hydrogens (tertiary/aromatic N) is 6. The molecule has 0 atom stereocenters. The molecular formula is C23H16N6S. The van der Waals surface area contributed by atoms with E-state index in [2.05, 4.69) is 63.7 Å². The van der Waals surface area contributed by atoms with Crippen LogP contribution in [0.5, 0.6) is 0 Å². The molecule has 6 aromatic rings. The average molecular weight is 408 g/mol. The van der Waals surface area contributed by atoms with E-state index in [-0.39, 0.29) is 0 Å². The van der Waals surface area contributed by atoms with Crippen molar-refractivity contribution in [1.82, 2.24) is 29.2 Å². The Morgan fingerprint density at radius 1 is 0.767 bits per heavy atom. The van der Waals surface area contributed by atoms with Crippen LogP contribution in [-0.2, 0) is 0 Å². The summed E-state index contributed by atoms with van der Waals surface area (Å²) in [5, 5.41) is 14.5. The van der Waals surface area contributed by atoms with Crippen molar-refractivity contribution in [3.8, 4) is 33.2 Å². The first-order chi connectivity index (χ1) is 14.8. The summed E-state index contributed by atoms with van der Waals surface area (Å²) in [5.41, 5.74) is 6.14. The Labute approximate surface area is 176 Å². The topological polar surface area (TPSA) is 60.4 Å². The molecule has 6 rings (SSSR count). The van der Waals surface area contributed by atoms with Gasteiger partial charge in [-0.1, -0.05) is 72.0 Å². The van der Waals surface area contributed by atoms with E-state index in [1.807, 2.05) is 46.3 Å². The lowest BCUT2D eigenvalue weighted by molar-refractivity contribution is 0.954. The molecule has 0 fully saturated rings. The lowest BCUT2D eigenvalue weighted by Crippen LogP contribution is -1.96. The van der Waals surface area contributed by atoms with Gasteiger partial charge in [-0.25, -0.2) is 4.98 Å². The van der Waals surface area contributed by atoms with Crippen LogP contribution in [-0.4, -0.2) is 29.2 Å². The standard InChI is InChI=1S/C23H16N6S/c1-15-20(28-14-6-5-9-19(28)24-15)21-25-26-23-29(21)27-22(30-23)18-12-10-17(11-13-18)16-7-3-2-4-8-16/h2-14H,1H3. The van der Waals surface area contributed by atoms with Crippen LogP contribution in [0.3, 0.4) is 0 Å². The zero-order chi connectivity index (χ0) is 20.1. The molecule has 0 aliphatic rings. The van der Waals surface area contributed by atoms with E-state index >= 15 is 0 Å². The summed E-state index contributed by atoms with van der Waals surface area (Å²) in [7, 11) is 0. The average Bonchev–Trinajstić information content (AvgIpc) is 3.46. The molecule has 2 aromatic carbocycles. The summed E-state index contributed by atoms with van der Waals surface area (Å²) >= 11 is 1.53. The number of rotatable bonds is 3. The molecule has 0 radical (unpaired) electrons. The van der Waals surface area contributed by atoms with Crippen LogP contribution in [0.15, 0.2) is 79.0 Å². The van der Waals surface area contributed by atoms with Crippen LogP contribution in [0.4, 0.5) is 0 Å². The number of aromatic nitrogens is 6. The lowest BCUT2D eigenvalue weighted by Gasteiger charge is -2.02. The minimum Gasteiger partial charge on any atom is -0.297 e. The van der Waals surface area contributed by atoms with Gasteiger partial charge >= 0.3 is 0 Å². The van der Waals surface area contributed by atoms with Gasteiger partial charge in [0.25, 0.3) is 0 Å². The maximum absolute atomic E-state index is 4.82. The summed E-state index contributed by atoms with van der Waals surface area (Å²) < 4.78 is 3.84. The monoisotopic (exact) mass is 408 g/mol. The quantitative estimate of drug-likeness (QED) is 0.407. The largest absolute Gasteiger partial charge is 0.297 e. The fourth-order valence-electron chi connectivity index (χ4n) is 3.70. The third kappa shape index (κ3) is 2.63. The highest BCUT2D eigenvalue weighted by molar-refractivity contribution is 7.19. The minimum absolute atomic E-state index is 0.699. The Bertz CT molecular complexity index is 1490. The van der Waals surface area contributed by atoms with Gasteiger partial charge in [0.05, 0.1) is 5.69 Å². The zero-order valence-corrected chi connectivity index (χ0v) is 16.9. The fraction of sp³-hybridized carbons (Fsp3) is 0.0435. The van der Waals surface area contributed by atoms with Gasteiger partial charge in [0.1, 0.15) is 16.3 Å². The maximum Gasteiger partial charge on any atom is 0.235 e. The second-order valence-electron chi connectivity index (χ2n) is 7.04. The van der Waals surface area contributed by atoms with Crippen molar-refractivity contribution in [2.45, 2.75) is 6.92 Å². The maximum atomic E-state index is 4.82. The van der Waals surface area contributed by atoms with Gasteiger partial charge in [0.2, 0.25) is 10.8 Å². The van der Waals surface area contributed by atoms with Crippen molar-refractivity contribution >= 4 is 21.9 Å². The van der Waals surface area contributed by atoms with Crippen LogP contribution in [0.25, 0.3) is 43.8 Å². The van der Waals surface area contributed by atoms with E-state index in [1.54, 1.807) is 0 Å². The second kappa shape index (κ2) is 6.60.